The van der Waals surface area contributed by atoms with Crippen molar-refractivity contribution < 1.29 is 40.7 Å². The predicted molar refractivity (Wildman–Crippen MR) is 179 cm³/mol. The average molecular weight is 679 g/mol. The molecular weight excluding hydrogens is 639 g/mol. The van der Waals surface area contributed by atoms with E-state index in [1.54, 1.807) is 0 Å². The molecule has 4 aliphatic rings. The van der Waals surface area contributed by atoms with Gasteiger partial charge in [-0.25, -0.2) is 15.0 Å². The Bertz CT molecular complexity index is 1850. The smallest absolute Gasteiger partial charge is 0.877 e. The summed E-state index contributed by atoms with van der Waals surface area (Å²) in [5, 5.41) is 13.1. The van der Waals surface area contributed by atoms with Gasteiger partial charge >= 0.3 is 28.4 Å². The van der Waals surface area contributed by atoms with E-state index in [0.29, 0.717) is 41.2 Å². The van der Waals surface area contributed by atoms with E-state index in [0.717, 1.165) is 86.5 Å². The second-order valence-corrected chi connectivity index (χ2v) is 11.7. The van der Waals surface area contributed by atoms with Gasteiger partial charge in [0.25, 0.3) is 0 Å². The molecule has 4 aliphatic heterocycles. The van der Waals surface area contributed by atoms with Crippen molar-refractivity contribution in [3.63, 3.8) is 0 Å². The van der Waals surface area contributed by atoms with Crippen LogP contribution >= 0.6 is 0 Å². The standard InChI is InChI=1S/C37H41N4O5.Ni/c1-9-23-19(3)28-15-30-21(5)25(11-13-34(43)45-7)36(40-30)27(18-42)37-26(12-14-35(44)46-8)22(6)31(41-37)17-33-24(10-2)20(4)29(39-33)16-32(23)38-28;/h15-18H,9-14H2,1-8H3,(H-,38,39,40,41,42);/q-1;+2/p-1. The molecular formula is C37H40N4NiO5. The minimum absolute atomic E-state index is 0. The number of esters is 2. The molecule has 0 spiro atoms. The van der Waals surface area contributed by atoms with Crippen molar-refractivity contribution in [2.45, 2.75) is 80.1 Å². The van der Waals surface area contributed by atoms with E-state index in [-0.39, 0.29) is 41.3 Å². The summed E-state index contributed by atoms with van der Waals surface area (Å²) in [5.74, 6) is -0.711. The number of methoxy groups -OCH3 is 2. The Morgan fingerprint density at radius 1 is 0.766 bits per heavy atom. The van der Waals surface area contributed by atoms with Crippen LogP contribution in [0, 0.1) is 6.92 Å². The van der Waals surface area contributed by atoms with Crippen LogP contribution in [0.25, 0.3) is 11.6 Å². The Morgan fingerprint density at radius 2 is 1.26 bits per heavy atom. The minimum atomic E-state index is -0.356. The fourth-order valence-corrected chi connectivity index (χ4v) is 6.48. The van der Waals surface area contributed by atoms with Gasteiger partial charge in [0.15, 0.2) is 0 Å². The van der Waals surface area contributed by atoms with Crippen LogP contribution in [-0.4, -0.2) is 43.3 Å². The third kappa shape index (κ3) is 6.61. The second-order valence-electron chi connectivity index (χ2n) is 11.7. The van der Waals surface area contributed by atoms with Crippen molar-refractivity contribution in [1.82, 2.24) is 4.98 Å². The van der Waals surface area contributed by atoms with Crippen LogP contribution in [0.15, 0.2) is 83.9 Å². The molecule has 5 rings (SSSR count). The summed E-state index contributed by atoms with van der Waals surface area (Å²) in [6, 6.07) is 0. The first-order valence-corrected chi connectivity index (χ1v) is 15.7. The first kappa shape index (κ1) is 35.6. The van der Waals surface area contributed by atoms with Crippen LogP contribution in [0.5, 0.6) is 0 Å². The van der Waals surface area contributed by atoms with E-state index in [9.17, 15) is 14.7 Å². The maximum absolute atomic E-state index is 13.1. The van der Waals surface area contributed by atoms with Crippen molar-refractivity contribution in [2.75, 3.05) is 14.2 Å². The van der Waals surface area contributed by atoms with Gasteiger partial charge in [-0.3, -0.25) is 9.59 Å². The topological polar surface area (TPSA) is 127 Å². The summed E-state index contributed by atoms with van der Waals surface area (Å²) < 4.78 is 9.87. The summed E-state index contributed by atoms with van der Waals surface area (Å²) in [4.78, 5) is 44.6. The van der Waals surface area contributed by atoms with E-state index >= 15 is 0 Å². The zero-order valence-electron chi connectivity index (χ0n) is 28.2. The normalized spacial score (nSPS) is 18.1. The number of aliphatic imine (C=N–C) groups is 3. The van der Waals surface area contributed by atoms with Crippen LogP contribution in [0.1, 0.15) is 89.2 Å². The molecule has 0 aromatic carbocycles. The van der Waals surface area contributed by atoms with Crippen molar-refractivity contribution in [3.8, 4) is 0 Å². The molecule has 0 saturated heterocycles. The summed E-state index contributed by atoms with van der Waals surface area (Å²) in [7, 11) is 2.71. The molecule has 0 atom stereocenters. The van der Waals surface area contributed by atoms with E-state index in [1.807, 2.05) is 26.0 Å². The second kappa shape index (κ2) is 14.6. The van der Waals surface area contributed by atoms with Gasteiger partial charge in [0.2, 0.25) is 0 Å². The number of fused-ring (bicyclic) bond motifs is 5. The SMILES string of the molecule is CCC1=C(C)C2=Cc3[n-]c(c(CCC(=O)OC)c3C)/C(=C\[O-])C3=NC(=CC4=NC(=CC1=N2)C(C)=C4CC)C(C)=C3CCC(=O)OC.[Ni+2]. The summed E-state index contributed by atoms with van der Waals surface area (Å²) >= 11 is 0. The Balaban J connectivity index is 0.00000500. The Hall–Kier alpha value is -4.30. The molecule has 0 saturated carbocycles. The van der Waals surface area contributed by atoms with Gasteiger partial charge < -0.3 is 19.6 Å². The maximum atomic E-state index is 13.1. The molecule has 0 amide bonds. The number of ether oxygens (including phenoxy) is 2. The Labute approximate surface area is 286 Å². The van der Waals surface area contributed by atoms with Crippen LogP contribution in [-0.2, 0) is 42.0 Å². The largest absolute Gasteiger partial charge is 2.00 e. The molecule has 9 nitrogen and oxygen atoms in total. The number of aromatic nitrogens is 1. The van der Waals surface area contributed by atoms with E-state index < -0.39 is 0 Å². The quantitative estimate of drug-likeness (QED) is 0.190. The van der Waals surface area contributed by atoms with Gasteiger partial charge in [-0.05, 0) is 105 Å². The first-order chi connectivity index (χ1) is 22.1. The number of hydrogen-bond donors (Lipinski definition) is 0. The molecule has 47 heavy (non-hydrogen) atoms. The third-order valence-electron chi connectivity index (χ3n) is 9.25. The summed E-state index contributed by atoms with van der Waals surface area (Å²) in [5.41, 5.74) is 13.6. The zero-order chi connectivity index (χ0) is 33.3. The molecule has 5 heterocycles. The fraction of sp³-hybridized carbons (Fsp3) is 0.378. The van der Waals surface area contributed by atoms with Gasteiger partial charge in [0.1, 0.15) is 0 Å². The summed E-state index contributed by atoms with van der Waals surface area (Å²) in [6.07, 6.45) is 9.25. The monoisotopic (exact) mass is 678 g/mol. The van der Waals surface area contributed by atoms with Crippen molar-refractivity contribution >= 4 is 40.7 Å². The van der Waals surface area contributed by atoms with E-state index in [2.05, 4.69) is 33.8 Å². The van der Waals surface area contributed by atoms with Crippen molar-refractivity contribution in [2.24, 2.45) is 15.0 Å². The maximum Gasteiger partial charge on any atom is 2.00 e. The molecule has 0 aliphatic carbocycles. The third-order valence-corrected chi connectivity index (χ3v) is 9.25. The molecule has 0 unspecified atom stereocenters. The molecule has 0 fully saturated rings. The molecule has 10 heteroatoms. The van der Waals surface area contributed by atoms with Gasteiger partial charge in [-0.15, -0.1) is 17.6 Å². The Kier molecular flexibility index (Phi) is 11.1. The van der Waals surface area contributed by atoms with E-state index in [1.165, 1.54) is 14.2 Å². The predicted octanol–water partition coefficient (Wildman–Crippen LogP) is 5.97. The molecule has 1 aromatic rings. The zero-order valence-corrected chi connectivity index (χ0v) is 29.2. The van der Waals surface area contributed by atoms with Crippen molar-refractivity contribution in [3.05, 3.63) is 91.5 Å². The average Bonchev–Trinajstić information content (AvgIpc) is 3.72. The number of carbonyl (C=O) groups excluding carboxylic acids is 2. The van der Waals surface area contributed by atoms with E-state index in [4.69, 9.17) is 29.4 Å². The van der Waals surface area contributed by atoms with Crippen LogP contribution < -0.4 is 10.1 Å². The number of hydrogen-bond acceptors (Lipinski definition) is 8. The van der Waals surface area contributed by atoms with Crippen molar-refractivity contribution in [1.29, 1.82) is 0 Å². The summed E-state index contributed by atoms with van der Waals surface area (Å²) in [6.45, 7) is 12.3. The molecule has 8 bridgehead atoms. The molecule has 1 aromatic heterocycles. The van der Waals surface area contributed by atoms with Crippen LogP contribution in [0.4, 0.5) is 0 Å². The fourth-order valence-electron chi connectivity index (χ4n) is 6.48. The Morgan fingerprint density at radius 3 is 1.77 bits per heavy atom. The van der Waals surface area contributed by atoms with Gasteiger partial charge in [-0.1, -0.05) is 31.1 Å². The van der Waals surface area contributed by atoms with Crippen LogP contribution in [0.3, 0.4) is 0 Å². The number of rotatable bonds is 8. The number of nitrogens with zero attached hydrogens (tertiary/aromatic N) is 4. The molecule has 0 N–H and O–H groups in total. The van der Waals surface area contributed by atoms with Gasteiger partial charge in [0.05, 0.1) is 48.4 Å². The van der Waals surface area contributed by atoms with Gasteiger partial charge in [-0.2, -0.15) is 0 Å². The number of allylic oxidation sites excluding steroid dienone is 9. The minimum Gasteiger partial charge on any atom is -0.877 e. The molecule has 248 valence electrons. The first-order valence-electron chi connectivity index (χ1n) is 15.7. The van der Waals surface area contributed by atoms with Gasteiger partial charge in [0, 0.05) is 12.8 Å². The molecule has 0 radical (unpaired) electrons. The van der Waals surface area contributed by atoms with Crippen LogP contribution in [0.2, 0.25) is 0 Å². The number of carbonyl (C=O) groups is 2.